The Morgan fingerprint density at radius 2 is 2.05 bits per heavy atom. The van der Waals surface area contributed by atoms with E-state index in [-0.39, 0.29) is 17.7 Å². The Hall–Kier alpha value is -3.44. The molecule has 0 radical (unpaired) electrons. The highest BCUT2D eigenvalue weighted by Gasteiger charge is 2.22. The molecule has 2 aliphatic heterocycles. The number of aromatic nitrogens is 5. The van der Waals surface area contributed by atoms with Crippen LogP contribution >= 0.6 is 11.6 Å². The van der Waals surface area contributed by atoms with Gasteiger partial charge < -0.3 is 20.1 Å². The highest BCUT2D eigenvalue weighted by Crippen LogP contribution is 2.31. The molecule has 0 aliphatic carbocycles. The Kier molecular flexibility index (Phi) is 6.56. The Bertz CT molecular complexity index is 1520. The Morgan fingerprint density at radius 3 is 2.78 bits per heavy atom. The number of pyridine rings is 1. The number of halogens is 1. The summed E-state index contributed by atoms with van der Waals surface area (Å²) < 4.78 is 12.8. The fourth-order valence-corrected chi connectivity index (χ4v) is 4.81. The van der Waals surface area contributed by atoms with Crippen LogP contribution in [0.2, 0.25) is 5.02 Å². The van der Waals surface area contributed by atoms with Crippen molar-refractivity contribution >= 4 is 28.6 Å². The van der Waals surface area contributed by atoms with Crippen LogP contribution in [0.3, 0.4) is 0 Å². The summed E-state index contributed by atoms with van der Waals surface area (Å²) >= 11 is 6.74. The predicted molar refractivity (Wildman–Crippen MR) is 141 cm³/mol. The summed E-state index contributed by atoms with van der Waals surface area (Å²) in [7, 11) is 0. The maximum atomic E-state index is 13.9. The van der Waals surface area contributed by atoms with Gasteiger partial charge in [0.2, 0.25) is 5.95 Å². The highest BCUT2D eigenvalue weighted by atomic mass is 35.5. The van der Waals surface area contributed by atoms with Crippen LogP contribution < -0.4 is 16.2 Å². The van der Waals surface area contributed by atoms with Crippen molar-refractivity contribution < 1.29 is 9.47 Å². The van der Waals surface area contributed by atoms with Gasteiger partial charge in [-0.2, -0.15) is 4.98 Å². The maximum absolute atomic E-state index is 13.9. The summed E-state index contributed by atoms with van der Waals surface area (Å²) in [6.07, 6.45) is 4.96. The quantitative estimate of drug-likeness (QED) is 0.396. The van der Waals surface area contributed by atoms with Crippen molar-refractivity contribution in [2.24, 2.45) is 0 Å². The third kappa shape index (κ3) is 4.93. The standard InChI is InChI=1S/C26H26ClN7O3/c1-15-8-29-11-23(31-15)16-2-3-20(22(27)7-16)21-6-17-9-30-26(32-18-13-36-14-18)33-24(17)34(25(21)35)12-19-10-28-4-5-37-19/h2-3,6-9,11,18-19,28H,4-5,10,12-14H2,1H3,(H,30,32,33). The Morgan fingerprint density at radius 1 is 1.16 bits per heavy atom. The molecule has 190 valence electrons. The molecule has 0 spiro atoms. The molecule has 11 heteroatoms. The Labute approximate surface area is 218 Å². The van der Waals surface area contributed by atoms with Crippen molar-refractivity contribution in [2.45, 2.75) is 25.6 Å². The second-order valence-electron chi connectivity index (χ2n) is 9.26. The number of benzene rings is 1. The van der Waals surface area contributed by atoms with Gasteiger partial charge in [0.25, 0.3) is 5.56 Å². The molecule has 1 atom stereocenters. The minimum absolute atomic E-state index is 0.158. The predicted octanol–water partition coefficient (Wildman–Crippen LogP) is 2.68. The van der Waals surface area contributed by atoms with Crippen molar-refractivity contribution in [3.8, 4) is 22.4 Å². The van der Waals surface area contributed by atoms with Gasteiger partial charge in [0.05, 0.1) is 56.1 Å². The van der Waals surface area contributed by atoms with Crippen molar-refractivity contribution in [3.05, 3.63) is 63.9 Å². The molecule has 37 heavy (non-hydrogen) atoms. The molecule has 0 bridgehead atoms. The van der Waals surface area contributed by atoms with E-state index >= 15 is 0 Å². The fraction of sp³-hybridized carbons (Fsp3) is 0.346. The summed E-state index contributed by atoms with van der Waals surface area (Å²) in [5.41, 5.74) is 3.81. The molecule has 2 fully saturated rings. The van der Waals surface area contributed by atoms with Crippen LogP contribution in [0, 0.1) is 6.92 Å². The van der Waals surface area contributed by atoms with E-state index in [1.54, 1.807) is 29.2 Å². The van der Waals surface area contributed by atoms with Crippen LogP contribution in [0.5, 0.6) is 0 Å². The number of fused-ring (bicyclic) bond motifs is 1. The number of rotatable bonds is 6. The third-order valence-electron chi connectivity index (χ3n) is 6.50. The summed E-state index contributed by atoms with van der Waals surface area (Å²) in [5, 5.41) is 7.77. The largest absolute Gasteiger partial charge is 0.377 e. The number of aryl methyl sites for hydroxylation is 1. The number of hydrogen-bond donors (Lipinski definition) is 2. The number of anilines is 1. The molecule has 6 rings (SSSR count). The normalized spacial score (nSPS) is 18.1. The molecular formula is C26H26ClN7O3. The van der Waals surface area contributed by atoms with Gasteiger partial charge in [0.1, 0.15) is 5.65 Å². The summed E-state index contributed by atoms with van der Waals surface area (Å²) in [5.74, 6) is 0.464. The minimum Gasteiger partial charge on any atom is -0.377 e. The molecule has 0 amide bonds. The van der Waals surface area contributed by atoms with Crippen LogP contribution in [-0.2, 0) is 16.0 Å². The average Bonchev–Trinajstić information content (AvgIpc) is 2.88. The maximum Gasteiger partial charge on any atom is 0.260 e. The van der Waals surface area contributed by atoms with E-state index in [4.69, 9.17) is 26.1 Å². The lowest BCUT2D eigenvalue weighted by Crippen LogP contribution is -2.42. The summed E-state index contributed by atoms with van der Waals surface area (Å²) in [6.45, 7) is 5.50. The monoisotopic (exact) mass is 519 g/mol. The van der Waals surface area contributed by atoms with Gasteiger partial charge in [0.15, 0.2) is 0 Å². The van der Waals surface area contributed by atoms with Gasteiger partial charge in [-0.25, -0.2) is 9.97 Å². The summed E-state index contributed by atoms with van der Waals surface area (Å²) in [4.78, 5) is 31.8. The van der Waals surface area contributed by atoms with E-state index in [1.165, 1.54) is 0 Å². The smallest absolute Gasteiger partial charge is 0.260 e. The Balaban J connectivity index is 1.44. The number of nitrogens with zero attached hydrogens (tertiary/aromatic N) is 5. The second-order valence-corrected chi connectivity index (χ2v) is 9.67. The van der Waals surface area contributed by atoms with Crippen molar-refractivity contribution in [3.63, 3.8) is 0 Å². The van der Waals surface area contributed by atoms with E-state index in [0.717, 1.165) is 28.9 Å². The molecule has 2 saturated heterocycles. The van der Waals surface area contributed by atoms with Crippen LogP contribution in [0.25, 0.3) is 33.4 Å². The SMILES string of the molecule is Cc1cncc(-c2ccc(-c3cc4cnc(NC5COC5)nc4n(CC4CNCCO4)c3=O)c(Cl)c2)n1. The zero-order chi connectivity index (χ0) is 25.4. The van der Waals surface area contributed by atoms with E-state index in [1.807, 2.05) is 25.1 Å². The molecule has 0 saturated carbocycles. The molecular weight excluding hydrogens is 494 g/mol. The highest BCUT2D eigenvalue weighted by molar-refractivity contribution is 6.33. The lowest BCUT2D eigenvalue weighted by Gasteiger charge is -2.27. The van der Waals surface area contributed by atoms with Crippen molar-refractivity contribution in [2.75, 3.05) is 38.2 Å². The van der Waals surface area contributed by atoms with Gasteiger partial charge in [-0.15, -0.1) is 0 Å². The van der Waals surface area contributed by atoms with Gasteiger partial charge in [-0.05, 0) is 19.1 Å². The lowest BCUT2D eigenvalue weighted by atomic mass is 10.0. The minimum atomic E-state index is -0.191. The van der Waals surface area contributed by atoms with Gasteiger partial charge >= 0.3 is 0 Å². The van der Waals surface area contributed by atoms with Crippen LogP contribution in [0.4, 0.5) is 5.95 Å². The lowest BCUT2D eigenvalue weighted by molar-refractivity contribution is 0.0183. The van der Waals surface area contributed by atoms with Gasteiger partial charge in [-0.3, -0.25) is 14.3 Å². The number of ether oxygens (including phenoxy) is 2. The number of hydrogen-bond acceptors (Lipinski definition) is 9. The van der Waals surface area contributed by atoms with Gasteiger partial charge in [-0.1, -0.05) is 23.7 Å². The van der Waals surface area contributed by atoms with E-state index in [0.29, 0.717) is 60.7 Å². The fourth-order valence-electron chi connectivity index (χ4n) is 4.53. The molecule has 1 aromatic carbocycles. The van der Waals surface area contributed by atoms with Crippen molar-refractivity contribution in [1.82, 2.24) is 29.8 Å². The zero-order valence-corrected chi connectivity index (χ0v) is 21.0. The van der Waals surface area contributed by atoms with E-state index in [2.05, 4.69) is 25.6 Å². The molecule has 2 N–H and O–H groups in total. The van der Waals surface area contributed by atoms with Crippen LogP contribution in [0.15, 0.2) is 47.7 Å². The van der Waals surface area contributed by atoms with Crippen LogP contribution in [-0.4, -0.2) is 69.6 Å². The molecule has 5 heterocycles. The van der Waals surface area contributed by atoms with Gasteiger partial charge in [0, 0.05) is 52.6 Å². The number of nitrogens with one attached hydrogen (secondary N) is 2. The van der Waals surface area contributed by atoms with Crippen molar-refractivity contribution in [1.29, 1.82) is 0 Å². The first-order valence-electron chi connectivity index (χ1n) is 12.2. The first kappa shape index (κ1) is 23.9. The third-order valence-corrected chi connectivity index (χ3v) is 6.81. The van der Waals surface area contributed by atoms with E-state index < -0.39 is 0 Å². The first-order valence-corrected chi connectivity index (χ1v) is 12.6. The first-order chi connectivity index (χ1) is 18.0. The molecule has 10 nitrogen and oxygen atoms in total. The van der Waals surface area contributed by atoms with E-state index in [9.17, 15) is 4.79 Å². The zero-order valence-electron chi connectivity index (χ0n) is 20.3. The molecule has 3 aromatic heterocycles. The number of morpholine rings is 1. The second kappa shape index (κ2) is 10.1. The van der Waals surface area contributed by atoms with Crippen LogP contribution in [0.1, 0.15) is 5.69 Å². The summed E-state index contributed by atoms with van der Waals surface area (Å²) in [6, 6.07) is 7.53. The topological polar surface area (TPSA) is 116 Å². The molecule has 1 unspecified atom stereocenters. The molecule has 2 aliphatic rings. The molecule has 4 aromatic rings. The average molecular weight is 520 g/mol.